The number of para-hydroxylation sites is 1. The van der Waals surface area contributed by atoms with Crippen molar-refractivity contribution in [2.75, 3.05) is 5.32 Å². The van der Waals surface area contributed by atoms with Gasteiger partial charge in [-0.3, -0.25) is 4.79 Å². The van der Waals surface area contributed by atoms with Gasteiger partial charge < -0.3 is 15.2 Å². The van der Waals surface area contributed by atoms with Crippen LogP contribution in [0.25, 0.3) is 0 Å². The molecule has 2 N–H and O–H groups in total. The van der Waals surface area contributed by atoms with E-state index in [1.807, 2.05) is 30.3 Å². The van der Waals surface area contributed by atoms with E-state index in [9.17, 15) is 9.59 Å². The lowest BCUT2D eigenvalue weighted by atomic mass is 10.1. The Morgan fingerprint density at radius 2 is 1.50 bits per heavy atom. The maximum atomic E-state index is 12.2. The Labute approximate surface area is 139 Å². The first-order valence-corrected chi connectivity index (χ1v) is 7.73. The Hall–Kier alpha value is -3.08. The number of rotatable bonds is 5. The van der Waals surface area contributed by atoms with Gasteiger partial charge in [0.2, 0.25) is 0 Å². The Bertz CT molecular complexity index is 779. The van der Waals surface area contributed by atoms with Crippen LogP contribution in [0.2, 0.25) is 0 Å². The van der Waals surface area contributed by atoms with Gasteiger partial charge in [-0.05, 0) is 55.7 Å². The van der Waals surface area contributed by atoms with Crippen LogP contribution in [0.1, 0.15) is 19.3 Å². The van der Waals surface area contributed by atoms with E-state index >= 15 is 0 Å². The second kappa shape index (κ2) is 7.00. The van der Waals surface area contributed by atoms with E-state index in [-0.39, 0.29) is 11.5 Å². The fraction of sp³-hybridized carbons (Fsp3) is 0.158. The average molecular weight is 323 g/mol. The zero-order valence-electron chi connectivity index (χ0n) is 13.0. The number of carboxylic acids is 1. The van der Waals surface area contributed by atoms with Crippen LogP contribution in [0.4, 0.5) is 5.69 Å². The number of ether oxygens (including phenoxy) is 1. The highest BCUT2D eigenvalue weighted by atomic mass is 16.5. The van der Waals surface area contributed by atoms with Crippen molar-refractivity contribution in [2.24, 2.45) is 0 Å². The van der Waals surface area contributed by atoms with E-state index in [0.29, 0.717) is 36.3 Å². The smallest absolute Gasteiger partial charge is 0.332 e. The van der Waals surface area contributed by atoms with E-state index in [4.69, 9.17) is 9.84 Å². The highest BCUT2D eigenvalue weighted by Gasteiger charge is 2.25. The average Bonchev–Trinajstić information content (AvgIpc) is 3.08. The van der Waals surface area contributed by atoms with E-state index < -0.39 is 5.97 Å². The maximum Gasteiger partial charge on any atom is 0.332 e. The van der Waals surface area contributed by atoms with Gasteiger partial charge in [0.15, 0.2) is 0 Å². The van der Waals surface area contributed by atoms with Crippen molar-refractivity contribution in [3.63, 3.8) is 0 Å². The number of anilines is 1. The Morgan fingerprint density at radius 1 is 0.875 bits per heavy atom. The lowest BCUT2D eigenvalue weighted by molar-refractivity contribution is -0.133. The first kappa shape index (κ1) is 15.8. The summed E-state index contributed by atoms with van der Waals surface area (Å²) in [6, 6.07) is 16.4. The van der Waals surface area contributed by atoms with Crippen LogP contribution in [0.3, 0.4) is 0 Å². The SMILES string of the molecule is O=C(O)C1=C(C(=O)Nc2ccc(Oc3ccccc3)cc2)CCC1. The number of carbonyl (C=O) groups excluding carboxylic acids is 1. The molecule has 0 heterocycles. The fourth-order valence-electron chi connectivity index (χ4n) is 2.67. The summed E-state index contributed by atoms with van der Waals surface area (Å²) in [6.45, 7) is 0. The third-order valence-corrected chi connectivity index (χ3v) is 3.84. The van der Waals surface area contributed by atoms with Crippen LogP contribution in [-0.4, -0.2) is 17.0 Å². The molecule has 0 saturated heterocycles. The number of carboxylic acid groups (broad SMARTS) is 1. The largest absolute Gasteiger partial charge is 0.478 e. The fourth-order valence-corrected chi connectivity index (χ4v) is 2.67. The van der Waals surface area contributed by atoms with Crippen molar-refractivity contribution in [1.82, 2.24) is 0 Å². The van der Waals surface area contributed by atoms with Gasteiger partial charge in [-0.2, -0.15) is 0 Å². The number of benzene rings is 2. The number of hydrogen-bond donors (Lipinski definition) is 2. The molecule has 2 aromatic carbocycles. The van der Waals surface area contributed by atoms with Gasteiger partial charge in [-0.25, -0.2) is 4.79 Å². The summed E-state index contributed by atoms with van der Waals surface area (Å²) in [4.78, 5) is 23.4. The molecule has 3 rings (SSSR count). The molecular weight excluding hydrogens is 306 g/mol. The summed E-state index contributed by atoms with van der Waals surface area (Å²) in [5.41, 5.74) is 1.19. The molecule has 122 valence electrons. The number of amides is 1. The highest BCUT2D eigenvalue weighted by molar-refractivity contribution is 6.09. The second-order valence-electron chi connectivity index (χ2n) is 5.51. The van der Waals surface area contributed by atoms with Crippen molar-refractivity contribution >= 4 is 17.6 Å². The Kier molecular flexibility index (Phi) is 4.61. The molecular formula is C19H17NO4. The molecule has 0 aromatic heterocycles. The molecule has 1 aliphatic rings. The topological polar surface area (TPSA) is 75.6 Å². The maximum absolute atomic E-state index is 12.2. The standard InChI is InChI=1S/C19H17NO4/c21-18(16-7-4-8-17(16)19(22)23)20-13-9-11-15(12-10-13)24-14-5-2-1-3-6-14/h1-3,5-6,9-12H,4,7-8H2,(H,20,21)(H,22,23). The summed E-state index contributed by atoms with van der Waals surface area (Å²) in [7, 11) is 0. The first-order chi connectivity index (χ1) is 11.6. The predicted octanol–water partition coefficient (Wildman–Crippen LogP) is 3.98. The third-order valence-electron chi connectivity index (χ3n) is 3.84. The van der Waals surface area contributed by atoms with Crippen molar-refractivity contribution in [2.45, 2.75) is 19.3 Å². The summed E-state index contributed by atoms with van der Waals surface area (Å²) >= 11 is 0. The molecule has 1 amide bonds. The van der Waals surface area contributed by atoms with Gasteiger partial charge in [-0.1, -0.05) is 18.2 Å². The van der Waals surface area contributed by atoms with Gasteiger partial charge in [0.1, 0.15) is 11.5 Å². The molecule has 2 aromatic rings. The molecule has 0 atom stereocenters. The molecule has 0 unspecified atom stereocenters. The van der Waals surface area contributed by atoms with E-state index in [0.717, 1.165) is 5.75 Å². The minimum atomic E-state index is -1.01. The van der Waals surface area contributed by atoms with Crippen LogP contribution in [-0.2, 0) is 9.59 Å². The van der Waals surface area contributed by atoms with Gasteiger partial charge in [0.25, 0.3) is 5.91 Å². The molecule has 5 nitrogen and oxygen atoms in total. The van der Waals surface area contributed by atoms with Crippen molar-refractivity contribution < 1.29 is 19.4 Å². The van der Waals surface area contributed by atoms with E-state index in [1.54, 1.807) is 24.3 Å². The molecule has 0 bridgehead atoms. The Morgan fingerprint density at radius 3 is 2.17 bits per heavy atom. The molecule has 0 radical (unpaired) electrons. The second-order valence-corrected chi connectivity index (χ2v) is 5.51. The zero-order chi connectivity index (χ0) is 16.9. The predicted molar refractivity (Wildman–Crippen MR) is 90.1 cm³/mol. The first-order valence-electron chi connectivity index (χ1n) is 7.73. The van der Waals surface area contributed by atoms with Crippen LogP contribution < -0.4 is 10.1 Å². The van der Waals surface area contributed by atoms with Crippen LogP contribution in [0, 0.1) is 0 Å². The molecule has 0 saturated carbocycles. The zero-order valence-corrected chi connectivity index (χ0v) is 13.0. The van der Waals surface area contributed by atoms with Gasteiger partial charge in [0.05, 0.1) is 0 Å². The molecule has 1 aliphatic carbocycles. The van der Waals surface area contributed by atoms with Crippen molar-refractivity contribution in [3.05, 3.63) is 65.7 Å². The normalized spacial score (nSPS) is 13.7. The van der Waals surface area contributed by atoms with Crippen molar-refractivity contribution in [1.29, 1.82) is 0 Å². The molecule has 5 heteroatoms. The number of hydrogen-bond acceptors (Lipinski definition) is 3. The Balaban J connectivity index is 1.67. The summed E-state index contributed by atoms with van der Waals surface area (Å²) in [5, 5.41) is 11.9. The van der Waals surface area contributed by atoms with Crippen LogP contribution in [0.15, 0.2) is 65.7 Å². The summed E-state index contributed by atoms with van der Waals surface area (Å²) < 4.78 is 5.69. The van der Waals surface area contributed by atoms with Gasteiger partial charge in [-0.15, -0.1) is 0 Å². The third kappa shape index (κ3) is 3.63. The summed E-state index contributed by atoms with van der Waals surface area (Å²) in [5.74, 6) is 0.0351. The highest BCUT2D eigenvalue weighted by Crippen LogP contribution is 2.28. The van der Waals surface area contributed by atoms with Crippen LogP contribution >= 0.6 is 0 Å². The minimum absolute atomic E-state index is 0.219. The molecule has 24 heavy (non-hydrogen) atoms. The van der Waals surface area contributed by atoms with Gasteiger partial charge in [0, 0.05) is 16.8 Å². The molecule has 0 aliphatic heterocycles. The van der Waals surface area contributed by atoms with Gasteiger partial charge >= 0.3 is 5.97 Å². The molecule has 0 spiro atoms. The lowest BCUT2D eigenvalue weighted by Gasteiger charge is -2.09. The molecule has 0 fully saturated rings. The number of carbonyl (C=O) groups is 2. The quantitative estimate of drug-likeness (QED) is 0.872. The summed E-state index contributed by atoms with van der Waals surface area (Å²) in [6.07, 6.45) is 1.65. The number of aliphatic carboxylic acids is 1. The minimum Gasteiger partial charge on any atom is -0.478 e. The monoisotopic (exact) mass is 323 g/mol. The van der Waals surface area contributed by atoms with E-state index in [2.05, 4.69) is 5.32 Å². The van der Waals surface area contributed by atoms with E-state index in [1.165, 1.54) is 0 Å². The lowest BCUT2D eigenvalue weighted by Crippen LogP contribution is -2.16. The van der Waals surface area contributed by atoms with Crippen molar-refractivity contribution in [3.8, 4) is 11.5 Å². The number of nitrogens with one attached hydrogen (secondary N) is 1. The van der Waals surface area contributed by atoms with Crippen LogP contribution in [0.5, 0.6) is 11.5 Å².